The lowest BCUT2D eigenvalue weighted by Crippen LogP contribution is -2.35. The van der Waals surface area contributed by atoms with Crippen LogP contribution in [0.3, 0.4) is 0 Å². The van der Waals surface area contributed by atoms with Gasteiger partial charge in [-0.1, -0.05) is 6.92 Å². The summed E-state index contributed by atoms with van der Waals surface area (Å²) in [6.45, 7) is 1.84. The summed E-state index contributed by atoms with van der Waals surface area (Å²) in [5, 5.41) is 2.60. The van der Waals surface area contributed by atoms with Crippen molar-refractivity contribution in [2.75, 3.05) is 5.73 Å². The third-order valence-corrected chi connectivity index (χ3v) is 2.09. The standard InChI is InChI=1S/C11H14N2O2/c1-2-10(7-14)13-11(15)8-3-5-9(12)6-4-8/h3-7,10H,2,12H2,1H3,(H,13,15). The first-order chi connectivity index (χ1) is 7.17. The third-order valence-electron chi connectivity index (χ3n) is 2.09. The van der Waals surface area contributed by atoms with Gasteiger partial charge >= 0.3 is 0 Å². The molecule has 0 aromatic heterocycles. The van der Waals surface area contributed by atoms with Crippen LogP contribution in [0.2, 0.25) is 0 Å². The monoisotopic (exact) mass is 206 g/mol. The van der Waals surface area contributed by atoms with Crippen LogP contribution in [-0.4, -0.2) is 18.2 Å². The van der Waals surface area contributed by atoms with E-state index >= 15 is 0 Å². The molecule has 0 saturated carbocycles. The van der Waals surface area contributed by atoms with Gasteiger partial charge < -0.3 is 15.8 Å². The van der Waals surface area contributed by atoms with Gasteiger partial charge in [0.2, 0.25) is 0 Å². The first-order valence-electron chi connectivity index (χ1n) is 4.79. The van der Waals surface area contributed by atoms with Crippen molar-refractivity contribution < 1.29 is 9.59 Å². The summed E-state index contributed by atoms with van der Waals surface area (Å²) in [7, 11) is 0. The number of benzene rings is 1. The smallest absolute Gasteiger partial charge is 0.251 e. The van der Waals surface area contributed by atoms with E-state index in [2.05, 4.69) is 5.32 Å². The molecule has 1 aromatic rings. The maximum Gasteiger partial charge on any atom is 0.251 e. The van der Waals surface area contributed by atoms with Crippen molar-refractivity contribution >= 4 is 17.9 Å². The highest BCUT2D eigenvalue weighted by Gasteiger charge is 2.10. The van der Waals surface area contributed by atoms with Crippen molar-refractivity contribution in [1.29, 1.82) is 0 Å². The number of hydrogen-bond donors (Lipinski definition) is 2. The van der Waals surface area contributed by atoms with Crippen LogP contribution in [0.5, 0.6) is 0 Å². The van der Waals surface area contributed by atoms with Crippen LogP contribution in [0.25, 0.3) is 0 Å². The number of amides is 1. The van der Waals surface area contributed by atoms with Crippen molar-refractivity contribution in [3.63, 3.8) is 0 Å². The molecule has 1 amide bonds. The molecule has 1 rings (SSSR count). The Morgan fingerprint density at radius 1 is 1.47 bits per heavy atom. The Balaban J connectivity index is 2.68. The largest absolute Gasteiger partial charge is 0.399 e. The van der Waals surface area contributed by atoms with Gasteiger partial charge in [0.15, 0.2) is 0 Å². The molecule has 0 aliphatic carbocycles. The van der Waals surface area contributed by atoms with E-state index in [1.54, 1.807) is 24.3 Å². The Morgan fingerprint density at radius 2 is 2.07 bits per heavy atom. The minimum atomic E-state index is -0.421. The predicted molar refractivity (Wildman–Crippen MR) is 58.5 cm³/mol. The van der Waals surface area contributed by atoms with Gasteiger partial charge in [0.1, 0.15) is 6.29 Å². The molecule has 80 valence electrons. The van der Waals surface area contributed by atoms with Crippen molar-refractivity contribution in [3.8, 4) is 0 Å². The number of nitrogen functional groups attached to an aromatic ring is 1. The van der Waals surface area contributed by atoms with Gasteiger partial charge in [-0.05, 0) is 30.7 Å². The van der Waals surface area contributed by atoms with Crippen molar-refractivity contribution in [3.05, 3.63) is 29.8 Å². The molecule has 3 N–H and O–H groups in total. The predicted octanol–water partition coefficient (Wildman–Crippen LogP) is 0.976. The molecule has 0 radical (unpaired) electrons. The summed E-state index contributed by atoms with van der Waals surface area (Å²) in [6.07, 6.45) is 1.32. The van der Waals surface area contributed by atoms with Crippen LogP contribution in [0.1, 0.15) is 23.7 Å². The summed E-state index contributed by atoms with van der Waals surface area (Å²) in [5.74, 6) is -0.256. The zero-order valence-corrected chi connectivity index (χ0v) is 8.57. The lowest BCUT2D eigenvalue weighted by molar-refractivity contribution is -0.109. The van der Waals surface area contributed by atoms with Crippen molar-refractivity contribution in [2.45, 2.75) is 19.4 Å². The van der Waals surface area contributed by atoms with Crippen LogP contribution >= 0.6 is 0 Å². The Morgan fingerprint density at radius 3 is 2.53 bits per heavy atom. The van der Waals surface area contributed by atoms with Crippen LogP contribution in [0, 0.1) is 0 Å². The van der Waals surface area contributed by atoms with E-state index in [0.29, 0.717) is 17.7 Å². The van der Waals surface area contributed by atoms with E-state index < -0.39 is 6.04 Å². The molecule has 1 atom stereocenters. The van der Waals surface area contributed by atoms with Crippen LogP contribution in [-0.2, 0) is 4.79 Å². The Bertz CT molecular complexity index is 346. The van der Waals surface area contributed by atoms with E-state index in [-0.39, 0.29) is 5.91 Å². The number of nitrogens with two attached hydrogens (primary N) is 1. The molecule has 1 aromatic carbocycles. The van der Waals surface area contributed by atoms with Gasteiger partial charge in [0, 0.05) is 11.3 Å². The number of rotatable bonds is 4. The van der Waals surface area contributed by atoms with Crippen LogP contribution in [0.4, 0.5) is 5.69 Å². The number of aldehydes is 1. The molecule has 0 aliphatic heterocycles. The lowest BCUT2D eigenvalue weighted by Gasteiger charge is -2.10. The second kappa shape index (κ2) is 5.14. The first-order valence-corrected chi connectivity index (χ1v) is 4.79. The van der Waals surface area contributed by atoms with Gasteiger partial charge in [-0.15, -0.1) is 0 Å². The quantitative estimate of drug-likeness (QED) is 0.569. The molecule has 15 heavy (non-hydrogen) atoms. The highest BCUT2D eigenvalue weighted by atomic mass is 16.2. The molecular weight excluding hydrogens is 192 g/mol. The minimum Gasteiger partial charge on any atom is -0.399 e. The molecule has 0 heterocycles. The summed E-state index contributed by atoms with van der Waals surface area (Å²) in [6, 6.07) is 6.13. The topological polar surface area (TPSA) is 72.2 Å². The Labute approximate surface area is 88.5 Å². The number of nitrogens with one attached hydrogen (secondary N) is 1. The van der Waals surface area contributed by atoms with Gasteiger partial charge in [0.05, 0.1) is 6.04 Å². The Hall–Kier alpha value is -1.84. The van der Waals surface area contributed by atoms with Gasteiger partial charge in [-0.3, -0.25) is 4.79 Å². The first kappa shape index (κ1) is 11.2. The van der Waals surface area contributed by atoms with Crippen molar-refractivity contribution in [1.82, 2.24) is 5.32 Å². The third kappa shape index (κ3) is 3.09. The van der Waals surface area contributed by atoms with E-state index in [9.17, 15) is 9.59 Å². The van der Waals surface area contributed by atoms with Gasteiger partial charge in [0.25, 0.3) is 5.91 Å². The molecule has 0 fully saturated rings. The number of hydrogen-bond acceptors (Lipinski definition) is 3. The second-order valence-electron chi connectivity index (χ2n) is 3.25. The molecule has 0 bridgehead atoms. The number of anilines is 1. The average Bonchev–Trinajstić information content (AvgIpc) is 2.26. The zero-order valence-electron chi connectivity index (χ0n) is 8.57. The molecule has 0 spiro atoms. The molecule has 1 unspecified atom stereocenters. The average molecular weight is 206 g/mol. The summed E-state index contributed by atoms with van der Waals surface area (Å²) >= 11 is 0. The molecule has 0 saturated heterocycles. The summed E-state index contributed by atoms with van der Waals surface area (Å²) in [4.78, 5) is 22.1. The second-order valence-corrected chi connectivity index (χ2v) is 3.25. The maximum atomic E-state index is 11.6. The molecular formula is C11H14N2O2. The van der Waals surface area contributed by atoms with Gasteiger partial charge in [-0.2, -0.15) is 0 Å². The van der Waals surface area contributed by atoms with E-state index in [4.69, 9.17) is 5.73 Å². The fourth-order valence-electron chi connectivity index (χ4n) is 1.12. The SMILES string of the molecule is CCC(C=O)NC(=O)c1ccc(N)cc1. The molecule has 4 nitrogen and oxygen atoms in total. The molecule has 0 aliphatic rings. The lowest BCUT2D eigenvalue weighted by atomic mass is 10.1. The number of carbonyl (C=O) groups is 2. The van der Waals surface area contributed by atoms with Gasteiger partial charge in [-0.25, -0.2) is 0 Å². The fraction of sp³-hybridized carbons (Fsp3) is 0.273. The minimum absolute atomic E-state index is 0.256. The Kier molecular flexibility index (Phi) is 3.85. The van der Waals surface area contributed by atoms with E-state index in [0.717, 1.165) is 6.29 Å². The molecule has 4 heteroatoms. The van der Waals surface area contributed by atoms with E-state index in [1.807, 2.05) is 6.92 Å². The van der Waals surface area contributed by atoms with Crippen molar-refractivity contribution in [2.24, 2.45) is 0 Å². The number of carbonyl (C=O) groups excluding carboxylic acids is 2. The highest BCUT2D eigenvalue weighted by Crippen LogP contribution is 2.05. The summed E-state index contributed by atoms with van der Waals surface area (Å²) in [5.41, 5.74) is 6.60. The van der Waals surface area contributed by atoms with Crippen LogP contribution < -0.4 is 11.1 Å². The maximum absolute atomic E-state index is 11.6. The van der Waals surface area contributed by atoms with Crippen LogP contribution in [0.15, 0.2) is 24.3 Å². The fourth-order valence-corrected chi connectivity index (χ4v) is 1.12. The van der Waals surface area contributed by atoms with E-state index in [1.165, 1.54) is 0 Å². The highest BCUT2D eigenvalue weighted by molar-refractivity contribution is 5.95. The summed E-state index contributed by atoms with van der Waals surface area (Å²) < 4.78 is 0. The zero-order chi connectivity index (χ0) is 11.3. The normalized spacial score (nSPS) is 11.8.